The molecule has 1 rings (SSSR count). The largest absolute Gasteiger partial charge is 0.0840 e. The van der Waals surface area contributed by atoms with E-state index in [1.54, 1.807) is 0 Å². The molecule has 0 aliphatic heterocycles. The molecule has 1 aliphatic carbocycles. The summed E-state index contributed by atoms with van der Waals surface area (Å²) in [6, 6.07) is 0. The molecule has 0 aromatic carbocycles. The van der Waals surface area contributed by atoms with E-state index in [1.165, 1.54) is 31.3 Å². The summed E-state index contributed by atoms with van der Waals surface area (Å²) in [4.78, 5) is 0. The average Bonchev–Trinajstić information content (AvgIpc) is 1.91. The quantitative estimate of drug-likeness (QED) is 0.546. The molecule has 0 aromatic heterocycles. The van der Waals surface area contributed by atoms with Crippen molar-refractivity contribution >= 4 is 0 Å². The number of hydrogen-bond acceptors (Lipinski definition) is 0. The van der Waals surface area contributed by atoms with Crippen molar-refractivity contribution in [3.05, 3.63) is 23.8 Å². The van der Waals surface area contributed by atoms with E-state index in [-0.39, 0.29) is 7.43 Å². The summed E-state index contributed by atoms with van der Waals surface area (Å²) in [5, 5.41) is 0. The lowest BCUT2D eigenvalue weighted by molar-refractivity contribution is 0.894. The molecule has 0 fully saturated rings. The zero-order chi connectivity index (χ0) is 6.53. The van der Waals surface area contributed by atoms with E-state index >= 15 is 0 Å². The first-order valence-corrected chi connectivity index (χ1v) is 3.79. The second-order valence-corrected chi connectivity index (χ2v) is 2.51. The van der Waals surface area contributed by atoms with Gasteiger partial charge in [0.1, 0.15) is 0 Å². The van der Waals surface area contributed by atoms with Crippen molar-refractivity contribution in [1.82, 2.24) is 0 Å². The van der Waals surface area contributed by atoms with Gasteiger partial charge in [0.25, 0.3) is 0 Å². The van der Waals surface area contributed by atoms with Gasteiger partial charge in [0.05, 0.1) is 0 Å². The monoisotopic (exact) mass is 138 g/mol. The Morgan fingerprint density at radius 1 is 1.40 bits per heavy atom. The van der Waals surface area contributed by atoms with Crippen LogP contribution in [0.25, 0.3) is 0 Å². The van der Waals surface area contributed by atoms with E-state index < -0.39 is 0 Å². The van der Waals surface area contributed by atoms with E-state index in [9.17, 15) is 0 Å². The fourth-order valence-corrected chi connectivity index (χ4v) is 1.14. The third-order valence-corrected chi connectivity index (χ3v) is 1.61. The highest BCUT2D eigenvalue weighted by atomic mass is 14.0. The minimum absolute atomic E-state index is 0. The molecule has 0 bridgehead atoms. The van der Waals surface area contributed by atoms with Crippen LogP contribution in [-0.2, 0) is 0 Å². The van der Waals surface area contributed by atoms with Crippen molar-refractivity contribution in [3.8, 4) is 0 Å². The third-order valence-electron chi connectivity index (χ3n) is 1.61. The maximum atomic E-state index is 2.35. The molecule has 1 aliphatic rings. The molecule has 58 valence electrons. The molecular weight excluding hydrogens is 120 g/mol. The molecule has 0 saturated heterocycles. The topological polar surface area (TPSA) is 0 Å². The van der Waals surface area contributed by atoms with E-state index in [0.717, 1.165) is 0 Å². The summed E-state index contributed by atoms with van der Waals surface area (Å²) in [6.45, 7) is 2.23. The molecule has 0 heterocycles. The molecule has 0 heteroatoms. The molecule has 0 saturated carbocycles. The lowest BCUT2D eigenvalue weighted by Crippen LogP contribution is -1.82. The van der Waals surface area contributed by atoms with Gasteiger partial charge in [0.15, 0.2) is 0 Å². The van der Waals surface area contributed by atoms with Gasteiger partial charge in [-0.05, 0) is 19.3 Å². The van der Waals surface area contributed by atoms with Crippen LogP contribution in [0.3, 0.4) is 0 Å². The molecule has 0 amide bonds. The fraction of sp³-hybridized carbons (Fsp3) is 0.600. The van der Waals surface area contributed by atoms with Crippen molar-refractivity contribution < 1.29 is 0 Å². The Morgan fingerprint density at radius 2 is 2.20 bits per heavy atom. The summed E-state index contributed by atoms with van der Waals surface area (Å²) in [7, 11) is 0. The minimum Gasteiger partial charge on any atom is -0.0840 e. The van der Waals surface area contributed by atoms with Gasteiger partial charge in [0.2, 0.25) is 0 Å². The van der Waals surface area contributed by atoms with Crippen molar-refractivity contribution in [3.63, 3.8) is 0 Å². The van der Waals surface area contributed by atoms with Gasteiger partial charge in [-0.1, -0.05) is 44.6 Å². The first kappa shape index (κ1) is 9.48. The summed E-state index contributed by atoms with van der Waals surface area (Å²) in [6.07, 6.45) is 11.9. The summed E-state index contributed by atoms with van der Waals surface area (Å²) in [5.74, 6) is 0. The Bertz CT molecular complexity index is 129. The Hall–Kier alpha value is -0.520. The van der Waals surface area contributed by atoms with Crippen molar-refractivity contribution in [2.75, 3.05) is 0 Å². The van der Waals surface area contributed by atoms with Crippen molar-refractivity contribution in [2.45, 2.75) is 40.0 Å². The average molecular weight is 138 g/mol. The second kappa shape index (κ2) is 5.28. The minimum atomic E-state index is 0. The summed E-state index contributed by atoms with van der Waals surface area (Å²) < 4.78 is 0. The van der Waals surface area contributed by atoms with Crippen LogP contribution in [0.4, 0.5) is 0 Å². The molecule has 10 heavy (non-hydrogen) atoms. The molecule has 0 N–H and O–H groups in total. The maximum absolute atomic E-state index is 2.35. The second-order valence-electron chi connectivity index (χ2n) is 2.51. The van der Waals surface area contributed by atoms with Crippen LogP contribution < -0.4 is 0 Å². The molecule has 0 spiro atoms. The van der Waals surface area contributed by atoms with Gasteiger partial charge in [0, 0.05) is 0 Å². The van der Waals surface area contributed by atoms with Crippen LogP contribution >= 0.6 is 0 Å². The summed E-state index contributed by atoms with van der Waals surface area (Å²) in [5.41, 5.74) is 1.53. The zero-order valence-corrected chi connectivity index (χ0v) is 6.06. The third kappa shape index (κ3) is 2.86. The van der Waals surface area contributed by atoms with Gasteiger partial charge < -0.3 is 0 Å². The predicted molar refractivity (Wildman–Crippen MR) is 48.1 cm³/mol. The van der Waals surface area contributed by atoms with Crippen molar-refractivity contribution in [2.24, 2.45) is 0 Å². The smallest absolute Gasteiger partial charge is 0.0285 e. The predicted octanol–water partition coefficient (Wildman–Crippen LogP) is 3.70. The molecule has 0 unspecified atom stereocenters. The molecule has 0 nitrogen and oxygen atoms in total. The van der Waals surface area contributed by atoms with Gasteiger partial charge in [-0.25, -0.2) is 0 Å². The molecule has 0 atom stereocenters. The lowest BCUT2D eigenvalue weighted by atomic mass is 10.0. The highest BCUT2D eigenvalue weighted by Gasteiger charge is 1.93. The highest BCUT2D eigenvalue weighted by molar-refractivity contribution is 5.21. The van der Waals surface area contributed by atoms with Crippen molar-refractivity contribution in [1.29, 1.82) is 0 Å². The zero-order valence-electron chi connectivity index (χ0n) is 6.06. The Morgan fingerprint density at radius 3 is 2.70 bits per heavy atom. The normalized spacial score (nSPS) is 15.9. The van der Waals surface area contributed by atoms with Crippen LogP contribution in [-0.4, -0.2) is 0 Å². The molecule has 0 aromatic rings. The van der Waals surface area contributed by atoms with Gasteiger partial charge >= 0.3 is 0 Å². The van der Waals surface area contributed by atoms with E-state index in [1.807, 2.05) is 0 Å². The van der Waals surface area contributed by atoms with E-state index in [2.05, 4.69) is 25.2 Å². The van der Waals surface area contributed by atoms with Crippen LogP contribution in [0.1, 0.15) is 40.0 Å². The molecule has 0 radical (unpaired) electrons. The molecular formula is C10H18. The van der Waals surface area contributed by atoms with Crippen LogP contribution in [0.2, 0.25) is 0 Å². The maximum Gasteiger partial charge on any atom is -0.0285 e. The Labute approximate surface area is 64.6 Å². The van der Waals surface area contributed by atoms with Gasteiger partial charge in [-0.3, -0.25) is 0 Å². The number of allylic oxidation sites excluding steroid dienone is 4. The SMILES string of the molecule is C.CCCC1=CCCC=C1. The highest BCUT2D eigenvalue weighted by Crippen LogP contribution is 2.13. The first-order valence-electron chi connectivity index (χ1n) is 3.79. The van der Waals surface area contributed by atoms with Crippen LogP contribution in [0, 0.1) is 0 Å². The fourth-order valence-electron chi connectivity index (χ4n) is 1.14. The Balaban J connectivity index is 0.000000810. The first-order chi connectivity index (χ1) is 4.43. The van der Waals surface area contributed by atoms with E-state index in [0.29, 0.717) is 0 Å². The number of rotatable bonds is 2. The number of hydrogen-bond donors (Lipinski definition) is 0. The Kier molecular flexibility index (Phi) is 5.00. The van der Waals surface area contributed by atoms with Gasteiger partial charge in [-0.2, -0.15) is 0 Å². The van der Waals surface area contributed by atoms with E-state index in [4.69, 9.17) is 0 Å². The van der Waals surface area contributed by atoms with Crippen LogP contribution in [0.5, 0.6) is 0 Å². The lowest BCUT2D eigenvalue weighted by Gasteiger charge is -2.03. The standard InChI is InChI=1S/C9H14.CH4/c1-2-6-9-7-4-3-5-8-9;/h4,7-8H,2-3,5-6H2,1H3;1H4. The summed E-state index contributed by atoms with van der Waals surface area (Å²) >= 11 is 0. The van der Waals surface area contributed by atoms with Gasteiger partial charge in [-0.15, -0.1) is 0 Å². The van der Waals surface area contributed by atoms with Crippen LogP contribution in [0.15, 0.2) is 23.8 Å².